The molecule has 0 saturated carbocycles. The quantitative estimate of drug-likeness (QED) is 0.600. The van der Waals surface area contributed by atoms with Gasteiger partial charge in [-0.3, -0.25) is 4.79 Å². The van der Waals surface area contributed by atoms with Gasteiger partial charge in [-0.25, -0.2) is 0 Å². The van der Waals surface area contributed by atoms with E-state index in [4.69, 9.17) is 4.74 Å². The number of amides is 1. The van der Waals surface area contributed by atoms with Gasteiger partial charge in [0.15, 0.2) is 0 Å². The number of thioether (sulfide) groups is 1. The number of ether oxygens (including phenoxy) is 1. The van der Waals surface area contributed by atoms with E-state index in [9.17, 15) is 4.79 Å². The lowest BCUT2D eigenvalue weighted by Crippen LogP contribution is -2.19. The van der Waals surface area contributed by atoms with Crippen molar-refractivity contribution < 1.29 is 9.53 Å². The third kappa shape index (κ3) is 4.52. The summed E-state index contributed by atoms with van der Waals surface area (Å²) in [6.45, 7) is 0.722. The Bertz CT molecular complexity index is 658. The summed E-state index contributed by atoms with van der Waals surface area (Å²) in [7, 11) is 0. The smallest absolute Gasteiger partial charge is 0.224 e. The normalized spacial score (nSPS) is 13.3. The summed E-state index contributed by atoms with van der Waals surface area (Å²) >= 11 is 1.89. The highest BCUT2D eigenvalue weighted by Gasteiger charge is 2.17. The van der Waals surface area contributed by atoms with E-state index in [2.05, 4.69) is 29.6 Å². The van der Waals surface area contributed by atoms with Gasteiger partial charge in [0, 0.05) is 22.6 Å². The van der Waals surface area contributed by atoms with Crippen LogP contribution in [-0.4, -0.2) is 18.3 Å². The Morgan fingerprint density at radius 3 is 2.74 bits per heavy atom. The van der Waals surface area contributed by atoms with Crippen LogP contribution in [0.25, 0.3) is 0 Å². The van der Waals surface area contributed by atoms with Crippen molar-refractivity contribution in [3.05, 3.63) is 54.1 Å². The number of unbranched alkanes of at least 4 members (excludes halogenated alkanes) is 1. The zero-order chi connectivity index (χ0) is 15.9. The van der Waals surface area contributed by atoms with E-state index < -0.39 is 0 Å². The second-order valence-corrected chi connectivity index (χ2v) is 6.72. The van der Waals surface area contributed by atoms with Crippen LogP contribution in [0.2, 0.25) is 0 Å². The minimum atomic E-state index is 0.0904. The van der Waals surface area contributed by atoms with Crippen LogP contribution >= 0.6 is 11.8 Å². The van der Waals surface area contributed by atoms with Gasteiger partial charge < -0.3 is 10.1 Å². The molecule has 1 amide bonds. The summed E-state index contributed by atoms with van der Waals surface area (Å²) in [4.78, 5) is 12.8. The molecule has 120 valence electrons. The summed E-state index contributed by atoms with van der Waals surface area (Å²) in [5.41, 5.74) is 2.03. The van der Waals surface area contributed by atoms with Crippen molar-refractivity contribution in [1.29, 1.82) is 0 Å². The molecule has 23 heavy (non-hydrogen) atoms. The lowest BCUT2D eigenvalue weighted by atomic mass is 10.0. The summed E-state index contributed by atoms with van der Waals surface area (Å²) in [5.74, 6) is 2.11. The molecule has 1 aliphatic heterocycles. The number of fused-ring (bicyclic) bond motifs is 1. The summed E-state index contributed by atoms with van der Waals surface area (Å²) in [6, 6.07) is 16.3. The molecule has 0 aliphatic carbocycles. The molecule has 0 saturated heterocycles. The lowest BCUT2D eigenvalue weighted by Gasteiger charge is -2.20. The molecule has 0 atom stereocenters. The van der Waals surface area contributed by atoms with Crippen molar-refractivity contribution >= 4 is 23.4 Å². The molecule has 0 radical (unpaired) electrons. The molecule has 3 nitrogen and oxygen atoms in total. The van der Waals surface area contributed by atoms with Crippen molar-refractivity contribution in [3.63, 3.8) is 0 Å². The van der Waals surface area contributed by atoms with Crippen LogP contribution in [0.3, 0.4) is 0 Å². The van der Waals surface area contributed by atoms with Crippen molar-refractivity contribution in [2.24, 2.45) is 0 Å². The molecule has 0 aromatic heterocycles. The standard InChI is InChI=1S/C19H21NO2S/c21-19-12-11-16-17(20-19)9-6-10-18(16)22-13-4-5-14-23-15-7-2-1-3-8-15/h1-3,6-10H,4-5,11-14H2,(H,20,21). The predicted molar refractivity (Wildman–Crippen MR) is 95.3 cm³/mol. The Hall–Kier alpha value is -1.94. The van der Waals surface area contributed by atoms with Crippen molar-refractivity contribution in [3.8, 4) is 5.75 Å². The van der Waals surface area contributed by atoms with Crippen LogP contribution in [0, 0.1) is 0 Å². The van der Waals surface area contributed by atoms with E-state index in [1.807, 2.05) is 36.0 Å². The first-order valence-electron chi connectivity index (χ1n) is 8.05. The molecule has 0 spiro atoms. The van der Waals surface area contributed by atoms with E-state index in [0.717, 1.165) is 48.6 Å². The Balaban J connectivity index is 1.41. The number of anilines is 1. The van der Waals surface area contributed by atoms with Crippen molar-refractivity contribution in [2.75, 3.05) is 17.7 Å². The zero-order valence-electron chi connectivity index (χ0n) is 13.1. The topological polar surface area (TPSA) is 38.3 Å². The average Bonchev–Trinajstić information content (AvgIpc) is 2.58. The molecule has 2 aromatic carbocycles. The zero-order valence-corrected chi connectivity index (χ0v) is 13.9. The molecule has 4 heteroatoms. The Kier molecular flexibility index (Phi) is 5.59. The minimum absolute atomic E-state index is 0.0904. The molecule has 0 unspecified atom stereocenters. The molecular weight excluding hydrogens is 306 g/mol. The number of benzene rings is 2. The highest BCUT2D eigenvalue weighted by atomic mass is 32.2. The Labute approximate surface area is 141 Å². The average molecular weight is 327 g/mol. The molecule has 2 aromatic rings. The van der Waals surface area contributed by atoms with Crippen LogP contribution in [0.4, 0.5) is 5.69 Å². The summed E-state index contributed by atoms with van der Waals surface area (Å²) < 4.78 is 5.93. The van der Waals surface area contributed by atoms with Gasteiger partial charge in [0.1, 0.15) is 5.75 Å². The van der Waals surface area contributed by atoms with Crippen molar-refractivity contribution in [1.82, 2.24) is 0 Å². The number of nitrogens with one attached hydrogen (secondary N) is 1. The first kappa shape index (κ1) is 15.9. The predicted octanol–water partition coefficient (Wildman–Crippen LogP) is 4.52. The largest absolute Gasteiger partial charge is 0.493 e. The monoisotopic (exact) mass is 327 g/mol. The minimum Gasteiger partial charge on any atom is -0.493 e. The van der Waals surface area contributed by atoms with Gasteiger partial charge in [-0.15, -0.1) is 11.8 Å². The SMILES string of the molecule is O=C1CCc2c(cccc2OCCCCSc2ccccc2)N1. The first-order valence-corrected chi connectivity index (χ1v) is 9.04. The van der Waals surface area contributed by atoms with Gasteiger partial charge in [-0.05, 0) is 49.3 Å². The van der Waals surface area contributed by atoms with Gasteiger partial charge in [0.2, 0.25) is 5.91 Å². The number of carbonyl (C=O) groups is 1. The molecule has 3 rings (SSSR count). The van der Waals surface area contributed by atoms with Gasteiger partial charge in [-0.1, -0.05) is 24.3 Å². The molecule has 0 fully saturated rings. The number of carbonyl (C=O) groups excluding carboxylic acids is 1. The van der Waals surface area contributed by atoms with Gasteiger partial charge in [-0.2, -0.15) is 0 Å². The van der Waals surface area contributed by atoms with Crippen molar-refractivity contribution in [2.45, 2.75) is 30.6 Å². The third-order valence-corrected chi connectivity index (χ3v) is 4.92. The Morgan fingerprint density at radius 2 is 1.87 bits per heavy atom. The second-order valence-electron chi connectivity index (χ2n) is 5.55. The fraction of sp³-hybridized carbons (Fsp3) is 0.316. The molecule has 1 N–H and O–H groups in total. The van der Waals surface area contributed by atoms with Crippen LogP contribution < -0.4 is 10.1 Å². The lowest BCUT2D eigenvalue weighted by molar-refractivity contribution is -0.116. The van der Waals surface area contributed by atoms with E-state index in [1.165, 1.54) is 4.90 Å². The highest BCUT2D eigenvalue weighted by Crippen LogP contribution is 2.31. The van der Waals surface area contributed by atoms with Crippen LogP contribution in [-0.2, 0) is 11.2 Å². The molecule has 0 bridgehead atoms. The fourth-order valence-electron chi connectivity index (χ4n) is 2.62. The first-order chi connectivity index (χ1) is 11.3. The molecule has 1 aliphatic rings. The summed E-state index contributed by atoms with van der Waals surface area (Å²) in [6.07, 6.45) is 3.48. The molecule has 1 heterocycles. The maximum atomic E-state index is 11.4. The third-order valence-electron chi connectivity index (χ3n) is 3.82. The van der Waals surface area contributed by atoms with E-state index in [-0.39, 0.29) is 5.91 Å². The fourth-order valence-corrected chi connectivity index (χ4v) is 3.55. The van der Waals surface area contributed by atoms with Crippen LogP contribution in [0.15, 0.2) is 53.4 Å². The van der Waals surface area contributed by atoms with Crippen LogP contribution in [0.5, 0.6) is 5.75 Å². The molecular formula is C19H21NO2S. The van der Waals surface area contributed by atoms with Gasteiger partial charge >= 0.3 is 0 Å². The van der Waals surface area contributed by atoms with Crippen LogP contribution in [0.1, 0.15) is 24.8 Å². The number of rotatable bonds is 7. The van der Waals surface area contributed by atoms with Gasteiger partial charge in [0.25, 0.3) is 0 Å². The number of hydrogen-bond acceptors (Lipinski definition) is 3. The van der Waals surface area contributed by atoms with E-state index in [0.29, 0.717) is 6.42 Å². The number of hydrogen-bond donors (Lipinski definition) is 1. The second kappa shape index (κ2) is 8.06. The Morgan fingerprint density at radius 1 is 1.00 bits per heavy atom. The van der Waals surface area contributed by atoms with E-state index >= 15 is 0 Å². The van der Waals surface area contributed by atoms with Gasteiger partial charge in [0.05, 0.1) is 6.61 Å². The highest BCUT2D eigenvalue weighted by molar-refractivity contribution is 7.99. The maximum Gasteiger partial charge on any atom is 0.224 e. The summed E-state index contributed by atoms with van der Waals surface area (Å²) in [5, 5.41) is 2.91. The van der Waals surface area contributed by atoms with E-state index in [1.54, 1.807) is 0 Å². The maximum absolute atomic E-state index is 11.4.